The Kier molecular flexibility index (Phi) is 4.54. The second-order valence-corrected chi connectivity index (χ2v) is 5.91. The van der Waals surface area contributed by atoms with Gasteiger partial charge in [0.15, 0.2) is 0 Å². The highest BCUT2D eigenvalue weighted by Gasteiger charge is 2.17. The Morgan fingerprint density at radius 2 is 1.68 bits per heavy atom. The number of benzene rings is 2. The van der Waals surface area contributed by atoms with Crippen LogP contribution in [-0.2, 0) is 6.54 Å². The molecule has 0 aromatic heterocycles. The maximum Gasteiger partial charge on any atom is 0.249 e. The van der Waals surface area contributed by atoms with Crippen LogP contribution < -0.4 is 5.73 Å². The highest BCUT2D eigenvalue weighted by Crippen LogP contribution is 2.29. The SMILES string of the molecule is NC(=O)c1cccc(CN2CCCCC2)c1-c1ccccc1. The van der Waals surface area contributed by atoms with Crippen LogP contribution in [0.3, 0.4) is 0 Å². The molecule has 0 aliphatic carbocycles. The van der Waals surface area contributed by atoms with Gasteiger partial charge in [0.1, 0.15) is 0 Å². The summed E-state index contributed by atoms with van der Waals surface area (Å²) in [6.45, 7) is 3.15. The Morgan fingerprint density at radius 1 is 0.955 bits per heavy atom. The molecule has 3 heteroatoms. The minimum atomic E-state index is -0.362. The molecule has 0 atom stereocenters. The van der Waals surface area contributed by atoms with Gasteiger partial charge in [-0.05, 0) is 48.7 Å². The van der Waals surface area contributed by atoms with Gasteiger partial charge >= 0.3 is 0 Å². The zero-order chi connectivity index (χ0) is 15.4. The topological polar surface area (TPSA) is 46.3 Å². The van der Waals surface area contributed by atoms with Gasteiger partial charge in [-0.3, -0.25) is 9.69 Å². The number of nitrogens with zero attached hydrogens (tertiary/aromatic N) is 1. The van der Waals surface area contributed by atoms with Gasteiger partial charge in [-0.1, -0.05) is 48.9 Å². The summed E-state index contributed by atoms with van der Waals surface area (Å²) in [6, 6.07) is 15.9. The fourth-order valence-corrected chi connectivity index (χ4v) is 3.24. The lowest BCUT2D eigenvalue weighted by Crippen LogP contribution is -2.29. The number of hydrogen-bond acceptors (Lipinski definition) is 2. The number of nitrogens with two attached hydrogens (primary N) is 1. The van der Waals surface area contributed by atoms with Gasteiger partial charge in [-0.15, -0.1) is 0 Å². The van der Waals surface area contributed by atoms with Crippen LogP contribution >= 0.6 is 0 Å². The maximum absolute atomic E-state index is 11.8. The zero-order valence-corrected chi connectivity index (χ0v) is 12.8. The van der Waals surface area contributed by atoms with Crippen LogP contribution in [0.25, 0.3) is 11.1 Å². The van der Waals surface area contributed by atoms with Crippen molar-refractivity contribution in [3.05, 3.63) is 59.7 Å². The molecule has 114 valence electrons. The molecular formula is C19H22N2O. The Hall–Kier alpha value is -2.13. The predicted octanol–water partition coefficient (Wildman–Crippen LogP) is 3.44. The first-order chi connectivity index (χ1) is 10.8. The molecule has 1 aliphatic rings. The van der Waals surface area contributed by atoms with Crippen molar-refractivity contribution in [1.82, 2.24) is 4.90 Å². The van der Waals surface area contributed by atoms with Gasteiger partial charge in [-0.2, -0.15) is 0 Å². The van der Waals surface area contributed by atoms with E-state index in [2.05, 4.69) is 11.0 Å². The van der Waals surface area contributed by atoms with Crippen LogP contribution in [-0.4, -0.2) is 23.9 Å². The Bertz CT molecular complexity index is 646. The van der Waals surface area contributed by atoms with Crippen molar-refractivity contribution in [2.24, 2.45) is 5.73 Å². The van der Waals surface area contributed by atoms with Crippen molar-refractivity contribution in [1.29, 1.82) is 0 Å². The molecule has 3 nitrogen and oxygen atoms in total. The normalized spacial score (nSPS) is 15.6. The summed E-state index contributed by atoms with van der Waals surface area (Å²) in [5, 5.41) is 0. The number of piperidine rings is 1. The van der Waals surface area contributed by atoms with E-state index in [0.717, 1.165) is 30.8 Å². The molecule has 3 rings (SSSR count). The van der Waals surface area contributed by atoms with Crippen LogP contribution in [0.5, 0.6) is 0 Å². The molecule has 22 heavy (non-hydrogen) atoms. The lowest BCUT2D eigenvalue weighted by Gasteiger charge is -2.27. The minimum absolute atomic E-state index is 0.362. The number of carbonyl (C=O) groups excluding carboxylic acids is 1. The van der Waals surface area contributed by atoms with E-state index >= 15 is 0 Å². The van der Waals surface area contributed by atoms with Crippen LogP contribution in [0.4, 0.5) is 0 Å². The van der Waals surface area contributed by atoms with E-state index in [9.17, 15) is 4.79 Å². The standard InChI is InChI=1S/C19H22N2O/c20-19(22)17-11-7-10-16(14-21-12-5-2-6-13-21)18(17)15-8-3-1-4-9-15/h1,3-4,7-11H,2,5-6,12-14H2,(H2,20,22). The van der Waals surface area contributed by atoms with Gasteiger partial charge in [0.2, 0.25) is 5.91 Å². The third-order valence-electron chi connectivity index (χ3n) is 4.32. The number of rotatable bonds is 4. The zero-order valence-electron chi connectivity index (χ0n) is 12.8. The van der Waals surface area contributed by atoms with Crippen LogP contribution in [0.15, 0.2) is 48.5 Å². The van der Waals surface area contributed by atoms with Gasteiger partial charge < -0.3 is 5.73 Å². The quantitative estimate of drug-likeness (QED) is 0.939. The molecule has 2 aromatic carbocycles. The second-order valence-electron chi connectivity index (χ2n) is 5.91. The molecule has 1 saturated heterocycles. The first kappa shape index (κ1) is 14.8. The average Bonchev–Trinajstić information content (AvgIpc) is 2.56. The predicted molar refractivity (Wildman–Crippen MR) is 89.5 cm³/mol. The van der Waals surface area contributed by atoms with Crippen molar-refractivity contribution in [2.75, 3.05) is 13.1 Å². The van der Waals surface area contributed by atoms with Gasteiger partial charge in [0.05, 0.1) is 0 Å². The fourth-order valence-electron chi connectivity index (χ4n) is 3.24. The van der Waals surface area contributed by atoms with Gasteiger partial charge in [0.25, 0.3) is 0 Å². The largest absolute Gasteiger partial charge is 0.366 e. The smallest absolute Gasteiger partial charge is 0.249 e. The van der Waals surface area contributed by atoms with E-state index in [1.165, 1.54) is 24.8 Å². The van der Waals surface area contributed by atoms with Crippen molar-refractivity contribution in [3.63, 3.8) is 0 Å². The van der Waals surface area contributed by atoms with E-state index in [0.29, 0.717) is 5.56 Å². The maximum atomic E-state index is 11.8. The summed E-state index contributed by atoms with van der Waals surface area (Å²) in [7, 11) is 0. The summed E-state index contributed by atoms with van der Waals surface area (Å²) in [6.07, 6.45) is 3.84. The molecule has 1 amide bonds. The summed E-state index contributed by atoms with van der Waals surface area (Å²) in [5.41, 5.74) is 9.44. The Balaban J connectivity index is 2.01. The third-order valence-corrected chi connectivity index (χ3v) is 4.32. The summed E-state index contributed by atoms with van der Waals surface area (Å²) < 4.78 is 0. The van der Waals surface area contributed by atoms with Gasteiger partial charge in [-0.25, -0.2) is 0 Å². The van der Waals surface area contributed by atoms with Crippen LogP contribution in [0.1, 0.15) is 35.2 Å². The molecule has 1 heterocycles. The highest BCUT2D eigenvalue weighted by molar-refractivity contribution is 6.00. The highest BCUT2D eigenvalue weighted by atomic mass is 16.1. The summed E-state index contributed by atoms with van der Waals surface area (Å²) >= 11 is 0. The summed E-state index contributed by atoms with van der Waals surface area (Å²) in [4.78, 5) is 14.3. The van der Waals surface area contributed by atoms with Crippen molar-refractivity contribution in [3.8, 4) is 11.1 Å². The molecule has 0 spiro atoms. The number of hydrogen-bond donors (Lipinski definition) is 1. The summed E-state index contributed by atoms with van der Waals surface area (Å²) in [5.74, 6) is -0.362. The number of amides is 1. The molecule has 0 bridgehead atoms. The van der Waals surface area contributed by atoms with Crippen LogP contribution in [0.2, 0.25) is 0 Å². The molecule has 0 unspecified atom stereocenters. The lowest BCUT2D eigenvalue weighted by atomic mass is 9.93. The monoisotopic (exact) mass is 294 g/mol. The van der Waals surface area contributed by atoms with Crippen molar-refractivity contribution in [2.45, 2.75) is 25.8 Å². The molecule has 0 saturated carbocycles. The molecular weight excluding hydrogens is 272 g/mol. The Labute approximate surface area is 131 Å². The Morgan fingerprint density at radius 3 is 2.36 bits per heavy atom. The number of likely N-dealkylation sites (tertiary alicyclic amines) is 1. The van der Waals surface area contributed by atoms with Crippen molar-refractivity contribution >= 4 is 5.91 Å². The van der Waals surface area contributed by atoms with E-state index in [1.807, 2.05) is 42.5 Å². The molecule has 2 N–H and O–H groups in total. The lowest BCUT2D eigenvalue weighted by molar-refractivity contribution is 0.100. The molecule has 0 radical (unpaired) electrons. The molecule has 1 aliphatic heterocycles. The third kappa shape index (κ3) is 3.20. The van der Waals surface area contributed by atoms with Crippen molar-refractivity contribution < 1.29 is 4.79 Å². The van der Waals surface area contributed by atoms with E-state index in [4.69, 9.17) is 5.73 Å². The van der Waals surface area contributed by atoms with E-state index in [1.54, 1.807) is 0 Å². The first-order valence-corrected chi connectivity index (χ1v) is 7.95. The van der Waals surface area contributed by atoms with Crippen LogP contribution in [0, 0.1) is 0 Å². The average molecular weight is 294 g/mol. The van der Waals surface area contributed by atoms with E-state index < -0.39 is 0 Å². The molecule has 2 aromatic rings. The first-order valence-electron chi connectivity index (χ1n) is 7.95. The second kappa shape index (κ2) is 6.75. The minimum Gasteiger partial charge on any atom is -0.366 e. The van der Waals surface area contributed by atoms with E-state index in [-0.39, 0.29) is 5.91 Å². The number of primary amides is 1. The van der Waals surface area contributed by atoms with Gasteiger partial charge in [0, 0.05) is 12.1 Å². The number of carbonyl (C=O) groups is 1. The fraction of sp³-hybridized carbons (Fsp3) is 0.316. The molecule has 1 fully saturated rings.